The van der Waals surface area contributed by atoms with Gasteiger partial charge in [-0.1, -0.05) is 63.9 Å². The lowest BCUT2D eigenvalue weighted by Gasteiger charge is -2.26. The summed E-state index contributed by atoms with van der Waals surface area (Å²) in [5.74, 6) is -0.0954. The van der Waals surface area contributed by atoms with Gasteiger partial charge in [-0.05, 0) is 19.3 Å². The quantitative estimate of drug-likeness (QED) is 0.563. The number of benzene rings is 1. The van der Waals surface area contributed by atoms with Gasteiger partial charge in [0.15, 0.2) is 5.13 Å². The molecule has 1 N–H and O–H groups in total. The van der Waals surface area contributed by atoms with Crippen LogP contribution in [-0.4, -0.2) is 34.8 Å². The molecule has 152 valence electrons. The van der Waals surface area contributed by atoms with Crippen LogP contribution in [0.1, 0.15) is 52.9 Å². The van der Waals surface area contributed by atoms with Gasteiger partial charge in [0, 0.05) is 23.4 Å². The molecule has 0 saturated heterocycles. The molecule has 0 fully saturated rings. The zero-order valence-electron chi connectivity index (χ0n) is 17.1. The van der Waals surface area contributed by atoms with Crippen LogP contribution in [0.2, 0.25) is 0 Å². The Hall–Kier alpha value is -2.21. The van der Waals surface area contributed by atoms with Crippen LogP contribution in [-0.2, 0) is 9.59 Å². The SMILES string of the molecule is CCCCC(CC)C(=O)N(CCC)CC(=O)Nc1nc(-c2ccccc2)cs1. The molecule has 5 nitrogen and oxygen atoms in total. The number of nitrogens with zero attached hydrogens (tertiary/aromatic N) is 2. The Labute approximate surface area is 172 Å². The third-order valence-electron chi connectivity index (χ3n) is 4.71. The normalized spacial score (nSPS) is 11.8. The van der Waals surface area contributed by atoms with E-state index in [4.69, 9.17) is 0 Å². The lowest BCUT2D eigenvalue weighted by Crippen LogP contribution is -2.41. The molecule has 0 bridgehead atoms. The van der Waals surface area contributed by atoms with Crippen molar-refractivity contribution in [2.24, 2.45) is 5.92 Å². The lowest BCUT2D eigenvalue weighted by atomic mass is 9.97. The van der Waals surface area contributed by atoms with Gasteiger partial charge in [-0.2, -0.15) is 0 Å². The molecule has 6 heteroatoms. The molecule has 2 aromatic rings. The zero-order valence-corrected chi connectivity index (χ0v) is 17.9. The van der Waals surface area contributed by atoms with Crippen LogP contribution in [0.5, 0.6) is 0 Å². The van der Waals surface area contributed by atoms with E-state index in [0.717, 1.165) is 43.4 Å². The van der Waals surface area contributed by atoms with E-state index >= 15 is 0 Å². The van der Waals surface area contributed by atoms with Crippen molar-refractivity contribution in [2.75, 3.05) is 18.4 Å². The number of carbonyl (C=O) groups is 2. The topological polar surface area (TPSA) is 62.3 Å². The molecule has 0 radical (unpaired) electrons. The minimum Gasteiger partial charge on any atom is -0.333 e. The molecule has 1 unspecified atom stereocenters. The summed E-state index contributed by atoms with van der Waals surface area (Å²) >= 11 is 1.40. The molecule has 1 atom stereocenters. The van der Waals surface area contributed by atoms with Crippen LogP contribution < -0.4 is 5.32 Å². The number of hydrogen-bond acceptors (Lipinski definition) is 4. The number of thiazole rings is 1. The predicted molar refractivity (Wildman–Crippen MR) is 116 cm³/mol. The van der Waals surface area contributed by atoms with E-state index in [1.807, 2.05) is 49.6 Å². The number of aromatic nitrogens is 1. The largest absolute Gasteiger partial charge is 0.333 e. The van der Waals surface area contributed by atoms with Gasteiger partial charge in [-0.3, -0.25) is 9.59 Å². The minimum absolute atomic E-state index is 0.00356. The second-order valence-electron chi connectivity index (χ2n) is 6.96. The van der Waals surface area contributed by atoms with Crippen molar-refractivity contribution in [1.29, 1.82) is 0 Å². The third kappa shape index (κ3) is 6.44. The Morgan fingerprint density at radius 3 is 2.54 bits per heavy atom. The fourth-order valence-corrected chi connectivity index (χ4v) is 3.89. The average Bonchev–Trinajstić information content (AvgIpc) is 3.17. The summed E-state index contributed by atoms with van der Waals surface area (Å²) < 4.78 is 0. The smallest absolute Gasteiger partial charge is 0.245 e. The molecule has 2 amide bonds. The maximum absolute atomic E-state index is 12.9. The molecule has 0 aliphatic carbocycles. The van der Waals surface area contributed by atoms with Gasteiger partial charge in [0.25, 0.3) is 0 Å². The van der Waals surface area contributed by atoms with Gasteiger partial charge in [0.1, 0.15) is 0 Å². The molecule has 0 spiro atoms. The second-order valence-corrected chi connectivity index (χ2v) is 7.82. The fourth-order valence-electron chi connectivity index (χ4n) is 3.15. The van der Waals surface area contributed by atoms with Crippen LogP contribution in [0, 0.1) is 5.92 Å². The van der Waals surface area contributed by atoms with E-state index in [0.29, 0.717) is 11.7 Å². The van der Waals surface area contributed by atoms with Crippen molar-refractivity contribution >= 4 is 28.3 Å². The van der Waals surface area contributed by atoms with E-state index in [1.54, 1.807) is 4.90 Å². The monoisotopic (exact) mass is 401 g/mol. The second kappa shape index (κ2) is 11.6. The van der Waals surface area contributed by atoms with E-state index in [1.165, 1.54) is 11.3 Å². The predicted octanol–water partition coefficient (Wildman–Crippen LogP) is 5.20. The summed E-state index contributed by atoms with van der Waals surface area (Å²) in [6.45, 7) is 6.88. The Morgan fingerprint density at radius 2 is 1.89 bits per heavy atom. The van der Waals surface area contributed by atoms with Crippen LogP contribution in [0.3, 0.4) is 0 Å². The summed E-state index contributed by atoms with van der Waals surface area (Å²) in [6.07, 6.45) is 4.65. The number of carbonyl (C=O) groups excluding carboxylic acids is 2. The number of hydrogen-bond donors (Lipinski definition) is 1. The number of rotatable bonds is 11. The number of amides is 2. The Morgan fingerprint density at radius 1 is 1.14 bits per heavy atom. The molecule has 0 aliphatic rings. The van der Waals surface area contributed by atoms with Crippen molar-refractivity contribution in [3.05, 3.63) is 35.7 Å². The molecule has 0 saturated carbocycles. The summed E-state index contributed by atoms with van der Waals surface area (Å²) in [4.78, 5) is 31.6. The first kappa shape index (κ1) is 22.1. The van der Waals surface area contributed by atoms with Gasteiger partial charge in [0.05, 0.1) is 12.2 Å². The zero-order chi connectivity index (χ0) is 20.4. The summed E-state index contributed by atoms with van der Waals surface area (Å²) in [5, 5.41) is 5.34. The maximum Gasteiger partial charge on any atom is 0.245 e. The van der Waals surface area contributed by atoms with Crippen LogP contribution in [0.25, 0.3) is 11.3 Å². The maximum atomic E-state index is 12.9. The van der Waals surface area contributed by atoms with Crippen molar-refractivity contribution in [3.63, 3.8) is 0 Å². The van der Waals surface area contributed by atoms with Crippen LogP contribution >= 0.6 is 11.3 Å². The minimum atomic E-state index is -0.193. The standard InChI is InChI=1S/C22H31N3O2S/c1-4-7-11-17(6-3)21(27)25(14-5-2)15-20(26)24-22-23-19(16-28-22)18-12-9-8-10-13-18/h8-10,12-13,16-17H,4-7,11,14-15H2,1-3H3,(H,23,24,26). The number of unbranched alkanes of at least 4 members (excludes halogenated alkanes) is 1. The summed E-state index contributed by atoms with van der Waals surface area (Å²) in [6, 6.07) is 9.86. The van der Waals surface area contributed by atoms with Crippen molar-refractivity contribution < 1.29 is 9.59 Å². The first-order valence-electron chi connectivity index (χ1n) is 10.2. The van der Waals surface area contributed by atoms with Crippen molar-refractivity contribution in [1.82, 2.24) is 9.88 Å². The Bertz CT molecular complexity index is 745. The third-order valence-corrected chi connectivity index (χ3v) is 5.47. The van der Waals surface area contributed by atoms with Gasteiger partial charge < -0.3 is 10.2 Å². The number of anilines is 1. The van der Waals surface area contributed by atoms with Gasteiger partial charge in [-0.25, -0.2) is 4.98 Å². The number of nitrogens with one attached hydrogen (secondary N) is 1. The first-order chi connectivity index (χ1) is 13.6. The lowest BCUT2D eigenvalue weighted by molar-refractivity contribution is -0.138. The molecule has 2 rings (SSSR count). The molecule has 28 heavy (non-hydrogen) atoms. The molecule has 1 aromatic heterocycles. The highest BCUT2D eigenvalue weighted by Crippen LogP contribution is 2.24. The molecular formula is C22H31N3O2S. The van der Waals surface area contributed by atoms with E-state index in [9.17, 15) is 9.59 Å². The Kier molecular flexibility index (Phi) is 9.14. The van der Waals surface area contributed by atoms with Crippen molar-refractivity contribution in [3.8, 4) is 11.3 Å². The highest BCUT2D eigenvalue weighted by molar-refractivity contribution is 7.14. The Balaban J connectivity index is 1.98. The highest BCUT2D eigenvalue weighted by Gasteiger charge is 2.24. The molecular weight excluding hydrogens is 370 g/mol. The van der Waals surface area contributed by atoms with Crippen molar-refractivity contribution in [2.45, 2.75) is 52.9 Å². The van der Waals surface area contributed by atoms with E-state index in [-0.39, 0.29) is 24.3 Å². The van der Waals surface area contributed by atoms with Gasteiger partial charge in [-0.15, -0.1) is 11.3 Å². The summed E-state index contributed by atoms with van der Waals surface area (Å²) in [7, 11) is 0. The summed E-state index contributed by atoms with van der Waals surface area (Å²) in [5.41, 5.74) is 1.86. The highest BCUT2D eigenvalue weighted by atomic mass is 32.1. The molecule has 0 aliphatic heterocycles. The van der Waals surface area contributed by atoms with E-state index < -0.39 is 0 Å². The fraction of sp³-hybridized carbons (Fsp3) is 0.500. The van der Waals surface area contributed by atoms with Gasteiger partial charge in [0.2, 0.25) is 11.8 Å². The van der Waals surface area contributed by atoms with Crippen LogP contribution in [0.4, 0.5) is 5.13 Å². The average molecular weight is 402 g/mol. The molecule has 1 aromatic carbocycles. The molecule has 1 heterocycles. The van der Waals surface area contributed by atoms with Gasteiger partial charge >= 0.3 is 0 Å². The van der Waals surface area contributed by atoms with E-state index in [2.05, 4.69) is 17.2 Å². The van der Waals surface area contributed by atoms with Crippen LogP contribution in [0.15, 0.2) is 35.7 Å². The first-order valence-corrected chi connectivity index (χ1v) is 11.1.